The van der Waals surface area contributed by atoms with Gasteiger partial charge in [-0.2, -0.15) is 0 Å². The third kappa shape index (κ3) is 4.41. The van der Waals surface area contributed by atoms with Crippen molar-refractivity contribution < 1.29 is 4.79 Å². The number of nitrogens with one attached hydrogen (secondary N) is 2. The molecule has 2 aliphatic rings. The number of carbonyl (C=O) groups excluding carboxylic acids is 1. The van der Waals surface area contributed by atoms with Crippen LogP contribution in [0, 0.1) is 0 Å². The molecule has 1 heterocycles. The van der Waals surface area contributed by atoms with Crippen molar-refractivity contribution in [2.45, 2.75) is 64.0 Å². The number of carbonyl (C=O) groups is 1. The summed E-state index contributed by atoms with van der Waals surface area (Å²) in [6.45, 7) is 6.18. The molecule has 1 aliphatic heterocycles. The monoisotopic (exact) mass is 283 g/mol. The second-order valence-electron chi connectivity index (χ2n) is 6.67. The van der Waals surface area contributed by atoms with Crippen LogP contribution >= 0.6 is 11.8 Å². The van der Waals surface area contributed by atoms with Gasteiger partial charge in [-0.3, -0.25) is 9.79 Å². The highest BCUT2D eigenvalue weighted by atomic mass is 32.2. The van der Waals surface area contributed by atoms with Crippen LogP contribution in [0.2, 0.25) is 0 Å². The number of aliphatic imine (C=N–C) groups is 1. The first-order valence-corrected chi connectivity index (χ1v) is 8.14. The average molecular weight is 283 g/mol. The number of thioether (sulfide) groups is 1. The van der Waals surface area contributed by atoms with E-state index in [0.717, 1.165) is 10.9 Å². The number of hydrogen-bond acceptors (Lipinski definition) is 3. The fraction of sp³-hybridized carbons (Fsp3) is 0.857. The van der Waals surface area contributed by atoms with Crippen LogP contribution in [0.4, 0.5) is 0 Å². The maximum atomic E-state index is 11.7. The third-order valence-corrected chi connectivity index (χ3v) is 4.75. The second kappa shape index (κ2) is 5.73. The van der Waals surface area contributed by atoms with E-state index in [0.29, 0.717) is 0 Å². The second-order valence-corrected chi connectivity index (χ2v) is 7.64. The molecule has 0 aromatic rings. The Morgan fingerprint density at radius 1 is 1.37 bits per heavy atom. The van der Waals surface area contributed by atoms with E-state index < -0.39 is 0 Å². The Morgan fingerprint density at radius 3 is 2.68 bits per heavy atom. The predicted octanol–water partition coefficient (Wildman–Crippen LogP) is 2.30. The molecule has 1 amide bonds. The first-order valence-electron chi connectivity index (χ1n) is 7.15. The molecule has 1 saturated heterocycles. The van der Waals surface area contributed by atoms with E-state index in [9.17, 15) is 4.79 Å². The lowest BCUT2D eigenvalue weighted by atomic mass is 9.83. The van der Waals surface area contributed by atoms with Crippen molar-refractivity contribution in [1.82, 2.24) is 10.6 Å². The van der Waals surface area contributed by atoms with E-state index in [4.69, 9.17) is 0 Å². The number of rotatable bonds is 2. The molecule has 0 aromatic carbocycles. The Kier molecular flexibility index (Phi) is 4.43. The van der Waals surface area contributed by atoms with Crippen molar-refractivity contribution in [3.8, 4) is 0 Å². The van der Waals surface area contributed by atoms with E-state index >= 15 is 0 Å². The normalized spacial score (nSPS) is 24.5. The van der Waals surface area contributed by atoms with Gasteiger partial charge in [0.1, 0.15) is 6.54 Å². The topological polar surface area (TPSA) is 53.5 Å². The van der Waals surface area contributed by atoms with Gasteiger partial charge < -0.3 is 10.6 Å². The largest absolute Gasteiger partial charge is 0.359 e. The Morgan fingerprint density at radius 2 is 2.05 bits per heavy atom. The first kappa shape index (κ1) is 14.7. The van der Waals surface area contributed by atoms with E-state index in [1.165, 1.54) is 32.1 Å². The maximum Gasteiger partial charge on any atom is 0.242 e. The van der Waals surface area contributed by atoms with Crippen molar-refractivity contribution in [3.63, 3.8) is 0 Å². The van der Waals surface area contributed by atoms with Crippen LogP contribution in [-0.2, 0) is 4.79 Å². The van der Waals surface area contributed by atoms with Crippen molar-refractivity contribution in [2.75, 3.05) is 12.3 Å². The SMILES string of the molecule is CC(C)(C)NC(=O)CN=C1NC2(CCCCC2)CS1. The summed E-state index contributed by atoms with van der Waals surface area (Å²) in [5.41, 5.74) is 0.0837. The molecule has 19 heavy (non-hydrogen) atoms. The molecule has 0 unspecified atom stereocenters. The molecule has 2 fully saturated rings. The maximum absolute atomic E-state index is 11.7. The Balaban J connectivity index is 1.83. The minimum absolute atomic E-state index is 0.00741. The van der Waals surface area contributed by atoms with E-state index in [1.807, 2.05) is 20.8 Å². The Hall–Kier alpha value is -0.710. The van der Waals surface area contributed by atoms with Crippen LogP contribution in [-0.4, -0.2) is 34.5 Å². The lowest BCUT2D eigenvalue weighted by Crippen LogP contribution is -2.45. The highest BCUT2D eigenvalue weighted by Crippen LogP contribution is 2.35. The van der Waals surface area contributed by atoms with Crippen molar-refractivity contribution in [2.24, 2.45) is 4.99 Å². The van der Waals surface area contributed by atoms with Crippen LogP contribution in [0.5, 0.6) is 0 Å². The molecule has 0 bridgehead atoms. The minimum atomic E-state index is -0.182. The van der Waals surface area contributed by atoms with Crippen molar-refractivity contribution >= 4 is 22.8 Å². The summed E-state index contributed by atoms with van der Waals surface area (Å²) in [5.74, 6) is 1.10. The minimum Gasteiger partial charge on any atom is -0.359 e. The molecule has 5 heteroatoms. The van der Waals surface area contributed by atoms with Crippen LogP contribution in [0.1, 0.15) is 52.9 Å². The molecule has 2 rings (SSSR count). The molecule has 1 aliphatic carbocycles. The van der Waals surface area contributed by atoms with Gasteiger partial charge in [0, 0.05) is 16.8 Å². The number of hydrogen-bond donors (Lipinski definition) is 2. The van der Waals surface area contributed by atoms with Gasteiger partial charge in [-0.05, 0) is 33.6 Å². The molecule has 4 nitrogen and oxygen atoms in total. The molecule has 1 spiro atoms. The summed E-state index contributed by atoms with van der Waals surface area (Å²) < 4.78 is 0. The highest BCUT2D eigenvalue weighted by Gasteiger charge is 2.37. The van der Waals surface area contributed by atoms with Gasteiger partial charge in [-0.15, -0.1) is 0 Å². The van der Waals surface area contributed by atoms with Crippen LogP contribution in [0.25, 0.3) is 0 Å². The standard InChI is InChI=1S/C14H25N3OS/c1-13(2,3)16-11(18)9-15-12-17-14(10-19-12)7-5-4-6-8-14/h4-10H2,1-3H3,(H,15,17)(H,16,18). The van der Waals surface area contributed by atoms with Gasteiger partial charge in [0.15, 0.2) is 5.17 Å². The molecule has 0 atom stereocenters. The van der Waals surface area contributed by atoms with Crippen molar-refractivity contribution in [1.29, 1.82) is 0 Å². The third-order valence-electron chi connectivity index (χ3n) is 3.55. The fourth-order valence-corrected chi connectivity index (χ4v) is 3.91. The zero-order valence-corrected chi connectivity index (χ0v) is 13.0. The smallest absolute Gasteiger partial charge is 0.242 e. The summed E-state index contributed by atoms with van der Waals surface area (Å²) in [5, 5.41) is 7.44. The summed E-state index contributed by atoms with van der Waals surface area (Å²) in [7, 11) is 0. The van der Waals surface area contributed by atoms with E-state index in [2.05, 4.69) is 15.6 Å². The number of nitrogens with zero attached hydrogens (tertiary/aromatic N) is 1. The molecular formula is C14H25N3OS. The van der Waals surface area contributed by atoms with Gasteiger partial charge >= 0.3 is 0 Å². The summed E-state index contributed by atoms with van der Waals surface area (Å²) in [6, 6.07) is 0. The molecule has 2 N–H and O–H groups in total. The van der Waals surface area contributed by atoms with Gasteiger partial charge in [0.05, 0.1) is 0 Å². The Labute approximate surface area is 120 Å². The summed E-state index contributed by atoms with van der Waals surface area (Å²) in [6.07, 6.45) is 6.46. The first-order chi connectivity index (χ1) is 8.89. The zero-order valence-electron chi connectivity index (χ0n) is 12.2. The molecule has 1 saturated carbocycles. The molecule has 108 valence electrons. The quantitative estimate of drug-likeness (QED) is 0.817. The molecular weight excluding hydrogens is 258 g/mol. The zero-order chi connectivity index (χ0) is 13.9. The molecule has 0 aromatic heterocycles. The van der Waals surface area contributed by atoms with Crippen molar-refractivity contribution in [3.05, 3.63) is 0 Å². The number of amides is 1. The fourth-order valence-electron chi connectivity index (χ4n) is 2.69. The lowest BCUT2D eigenvalue weighted by Gasteiger charge is -2.32. The van der Waals surface area contributed by atoms with Gasteiger partial charge in [-0.25, -0.2) is 0 Å². The predicted molar refractivity (Wildman–Crippen MR) is 81.6 cm³/mol. The summed E-state index contributed by atoms with van der Waals surface area (Å²) >= 11 is 1.77. The van der Waals surface area contributed by atoms with Crippen LogP contribution in [0.15, 0.2) is 4.99 Å². The van der Waals surface area contributed by atoms with E-state index in [-0.39, 0.29) is 23.5 Å². The highest BCUT2D eigenvalue weighted by molar-refractivity contribution is 8.14. The lowest BCUT2D eigenvalue weighted by molar-refractivity contribution is -0.121. The Bertz CT molecular complexity index is 367. The van der Waals surface area contributed by atoms with Gasteiger partial charge in [0.25, 0.3) is 0 Å². The van der Waals surface area contributed by atoms with Crippen LogP contribution in [0.3, 0.4) is 0 Å². The van der Waals surface area contributed by atoms with Gasteiger partial charge in [-0.1, -0.05) is 31.0 Å². The van der Waals surface area contributed by atoms with Gasteiger partial charge in [0.2, 0.25) is 5.91 Å². The molecule has 0 radical (unpaired) electrons. The number of amidine groups is 1. The average Bonchev–Trinajstić information content (AvgIpc) is 2.69. The van der Waals surface area contributed by atoms with Crippen LogP contribution < -0.4 is 10.6 Å². The van der Waals surface area contributed by atoms with E-state index in [1.54, 1.807) is 11.8 Å². The summed E-state index contributed by atoms with van der Waals surface area (Å²) in [4.78, 5) is 16.1.